The Morgan fingerprint density at radius 2 is 1.83 bits per heavy atom. The number of hydrogen-bond donors (Lipinski definition) is 0. The normalized spacial score (nSPS) is 42.5. The lowest BCUT2D eigenvalue weighted by Crippen LogP contribution is -2.39. The van der Waals surface area contributed by atoms with E-state index in [1.165, 1.54) is 19.5 Å². The fourth-order valence-electron chi connectivity index (χ4n) is 2.79. The van der Waals surface area contributed by atoms with E-state index in [-0.39, 0.29) is 0 Å². The van der Waals surface area contributed by atoms with Crippen molar-refractivity contribution in [1.29, 1.82) is 0 Å². The Kier molecular flexibility index (Phi) is 1.76. The average Bonchev–Trinajstić information content (AvgIpc) is 2.24. The van der Waals surface area contributed by atoms with Crippen molar-refractivity contribution < 1.29 is 0 Å². The molecule has 0 spiro atoms. The van der Waals surface area contributed by atoms with Gasteiger partial charge in [0.25, 0.3) is 0 Å². The second-order valence-corrected chi connectivity index (χ2v) is 5.71. The molecule has 12 heavy (non-hydrogen) atoms. The summed E-state index contributed by atoms with van der Waals surface area (Å²) < 4.78 is 0. The first-order chi connectivity index (χ1) is 5.48. The Bertz CT molecular complexity index is 180. The molecule has 0 bridgehead atoms. The molecule has 2 unspecified atom stereocenters. The van der Waals surface area contributed by atoms with E-state index in [1.54, 1.807) is 0 Å². The Balaban J connectivity index is 1.99. The maximum absolute atomic E-state index is 2.66. The van der Waals surface area contributed by atoms with E-state index < -0.39 is 0 Å². The highest BCUT2D eigenvalue weighted by Crippen LogP contribution is 2.46. The molecule has 1 saturated carbocycles. The number of hydrogen-bond acceptors (Lipinski definition) is 1. The minimum atomic E-state index is 0.400. The summed E-state index contributed by atoms with van der Waals surface area (Å²) in [5.41, 5.74) is 0.400. The zero-order valence-electron chi connectivity index (χ0n) is 8.80. The minimum Gasteiger partial charge on any atom is -0.298 e. The van der Waals surface area contributed by atoms with Crippen molar-refractivity contribution in [3.8, 4) is 0 Å². The smallest absolute Gasteiger partial charge is 0.0125 e. The van der Waals surface area contributed by atoms with Gasteiger partial charge in [-0.2, -0.15) is 0 Å². The van der Waals surface area contributed by atoms with E-state index in [1.807, 2.05) is 0 Å². The van der Waals surface area contributed by atoms with Crippen molar-refractivity contribution in [2.24, 2.45) is 17.8 Å². The van der Waals surface area contributed by atoms with E-state index in [2.05, 4.69) is 32.6 Å². The Morgan fingerprint density at radius 3 is 2.25 bits per heavy atom. The Hall–Kier alpha value is -0.0400. The molecule has 0 aromatic carbocycles. The standard InChI is InChI=1S/C11H21N/c1-8-5-9-6-12(7-10(8)9)11(2,3)4/h8-10H,5-7H2,1-4H3/t8-,9?,10?/m1/s1. The SMILES string of the molecule is C[C@@H]1CC2CN(C(C)(C)C)CC21. The molecule has 0 aromatic heterocycles. The molecular formula is C11H21N. The number of likely N-dealkylation sites (tertiary alicyclic amines) is 1. The van der Waals surface area contributed by atoms with Crippen molar-refractivity contribution in [2.75, 3.05) is 13.1 Å². The predicted molar refractivity (Wildman–Crippen MR) is 52.1 cm³/mol. The summed E-state index contributed by atoms with van der Waals surface area (Å²) in [4.78, 5) is 2.66. The largest absolute Gasteiger partial charge is 0.298 e. The number of fused-ring (bicyclic) bond motifs is 1. The summed E-state index contributed by atoms with van der Waals surface area (Å²) in [6.07, 6.45) is 1.48. The van der Waals surface area contributed by atoms with Crippen molar-refractivity contribution in [3.63, 3.8) is 0 Å². The van der Waals surface area contributed by atoms with Crippen LogP contribution in [0.1, 0.15) is 34.1 Å². The van der Waals surface area contributed by atoms with Crippen molar-refractivity contribution in [3.05, 3.63) is 0 Å². The third-order valence-corrected chi connectivity index (χ3v) is 3.85. The maximum atomic E-state index is 2.66. The van der Waals surface area contributed by atoms with Gasteiger partial charge in [-0.25, -0.2) is 0 Å². The van der Waals surface area contributed by atoms with Gasteiger partial charge in [-0.1, -0.05) is 6.92 Å². The quantitative estimate of drug-likeness (QED) is 0.535. The highest BCUT2D eigenvalue weighted by Gasteiger charge is 2.46. The molecule has 2 fully saturated rings. The van der Waals surface area contributed by atoms with Gasteiger partial charge in [-0.15, -0.1) is 0 Å². The fourth-order valence-corrected chi connectivity index (χ4v) is 2.79. The van der Waals surface area contributed by atoms with Crippen molar-refractivity contribution >= 4 is 0 Å². The molecule has 1 heteroatoms. The van der Waals surface area contributed by atoms with E-state index >= 15 is 0 Å². The third kappa shape index (κ3) is 1.19. The fraction of sp³-hybridized carbons (Fsp3) is 1.00. The molecule has 1 aliphatic carbocycles. The van der Waals surface area contributed by atoms with Gasteiger partial charge in [0.05, 0.1) is 0 Å². The molecule has 0 aromatic rings. The van der Waals surface area contributed by atoms with Crippen LogP contribution in [0.3, 0.4) is 0 Å². The molecule has 70 valence electrons. The number of nitrogens with zero attached hydrogens (tertiary/aromatic N) is 1. The molecule has 0 radical (unpaired) electrons. The summed E-state index contributed by atoms with van der Waals surface area (Å²) in [6.45, 7) is 12.1. The number of rotatable bonds is 0. The van der Waals surface area contributed by atoms with Crippen LogP contribution in [0, 0.1) is 17.8 Å². The molecule has 0 amide bonds. The van der Waals surface area contributed by atoms with Gasteiger partial charge in [0, 0.05) is 18.6 Å². The zero-order valence-corrected chi connectivity index (χ0v) is 8.80. The topological polar surface area (TPSA) is 3.24 Å². The van der Waals surface area contributed by atoms with Crippen LogP contribution in [-0.4, -0.2) is 23.5 Å². The molecule has 1 heterocycles. The lowest BCUT2D eigenvalue weighted by atomic mass is 9.68. The van der Waals surface area contributed by atoms with Gasteiger partial charge in [0.1, 0.15) is 0 Å². The van der Waals surface area contributed by atoms with Crippen LogP contribution in [0.15, 0.2) is 0 Å². The van der Waals surface area contributed by atoms with Crippen LogP contribution in [0.4, 0.5) is 0 Å². The van der Waals surface area contributed by atoms with E-state index in [9.17, 15) is 0 Å². The lowest BCUT2D eigenvalue weighted by Gasteiger charge is -2.36. The van der Waals surface area contributed by atoms with Gasteiger partial charge < -0.3 is 0 Å². The van der Waals surface area contributed by atoms with Crippen molar-refractivity contribution in [2.45, 2.75) is 39.7 Å². The molecule has 3 atom stereocenters. The lowest BCUT2D eigenvalue weighted by molar-refractivity contribution is 0.138. The molecule has 1 aliphatic heterocycles. The van der Waals surface area contributed by atoms with E-state index in [4.69, 9.17) is 0 Å². The molecule has 2 aliphatic rings. The molecule has 0 N–H and O–H groups in total. The van der Waals surface area contributed by atoms with E-state index in [0.717, 1.165) is 17.8 Å². The average molecular weight is 167 g/mol. The highest BCUT2D eigenvalue weighted by atomic mass is 15.2. The zero-order chi connectivity index (χ0) is 8.93. The predicted octanol–water partition coefficient (Wildman–Crippen LogP) is 2.37. The van der Waals surface area contributed by atoms with Crippen LogP contribution >= 0.6 is 0 Å². The van der Waals surface area contributed by atoms with Gasteiger partial charge in [0.2, 0.25) is 0 Å². The third-order valence-electron chi connectivity index (χ3n) is 3.85. The molecular weight excluding hydrogens is 146 g/mol. The van der Waals surface area contributed by atoms with Crippen LogP contribution in [-0.2, 0) is 0 Å². The highest BCUT2D eigenvalue weighted by molar-refractivity contribution is 4.98. The minimum absolute atomic E-state index is 0.400. The van der Waals surface area contributed by atoms with Crippen LogP contribution in [0.25, 0.3) is 0 Å². The van der Waals surface area contributed by atoms with Crippen LogP contribution in [0.5, 0.6) is 0 Å². The molecule has 1 nitrogen and oxygen atoms in total. The monoisotopic (exact) mass is 167 g/mol. The first kappa shape index (κ1) is 8.55. The first-order valence-electron chi connectivity index (χ1n) is 5.23. The summed E-state index contributed by atoms with van der Waals surface area (Å²) in [6, 6.07) is 0. The molecule has 2 rings (SSSR count). The summed E-state index contributed by atoms with van der Waals surface area (Å²) in [5, 5.41) is 0. The maximum Gasteiger partial charge on any atom is 0.0125 e. The molecule has 1 saturated heterocycles. The van der Waals surface area contributed by atoms with Gasteiger partial charge >= 0.3 is 0 Å². The van der Waals surface area contributed by atoms with Gasteiger partial charge in [-0.05, 0) is 44.9 Å². The summed E-state index contributed by atoms with van der Waals surface area (Å²) in [5.74, 6) is 3.07. The van der Waals surface area contributed by atoms with Crippen molar-refractivity contribution in [1.82, 2.24) is 4.90 Å². The van der Waals surface area contributed by atoms with E-state index in [0.29, 0.717) is 5.54 Å². The second kappa shape index (κ2) is 2.47. The summed E-state index contributed by atoms with van der Waals surface area (Å²) >= 11 is 0. The van der Waals surface area contributed by atoms with Crippen LogP contribution < -0.4 is 0 Å². The van der Waals surface area contributed by atoms with Crippen LogP contribution in [0.2, 0.25) is 0 Å². The second-order valence-electron chi connectivity index (χ2n) is 5.71. The first-order valence-corrected chi connectivity index (χ1v) is 5.23. The Morgan fingerprint density at radius 1 is 1.17 bits per heavy atom. The van der Waals surface area contributed by atoms with Gasteiger partial charge in [0.15, 0.2) is 0 Å². The Labute approximate surface area is 76.1 Å². The van der Waals surface area contributed by atoms with Gasteiger partial charge in [-0.3, -0.25) is 4.90 Å². The summed E-state index contributed by atoms with van der Waals surface area (Å²) in [7, 11) is 0.